The zero-order valence-electron chi connectivity index (χ0n) is 31.5. The molecule has 4 aromatic rings. The molecule has 0 unspecified atom stereocenters. The molecule has 0 radical (unpaired) electrons. The first-order chi connectivity index (χ1) is 25.6. The molecule has 0 saturated carbocycles. The molecule has 3 atom stereocenters. The van der Waals surface area contributed by atoms with Gasteiger partial charge in [-0.3, -0.25) is 19.3 Å². The minimum atomic E-state index is -1.36. The lowest BCUT2D eigenvalue weighted by Crippen LogP contribution is -2.60. The van der Waals surface area contributed by atoms with E-state index in [9.17, 15) is 24.4 Å². The summed E-state index contributed by atoms with van der Waals surface area (Å²) in [5, 5.41) is 14.5. The average Bonchev–Trinajstić information content (AvgIpc) is 3.24. The maximum atomic E-state index is 15.0. The molecular formula is C41H43N5O8. The summed E-state index contributed by atoms with van der Waals surface area (Å²) >= 11 is 0. The molecule has 0 fully saturated rings. The first-order valence-electron chi connectivity index (χ1n) is 17.3. The molecular weight excluding hydrogens is 690 g/mol. The summed E-state index contributed by atoms with van der Waals surface area (Å²) in [6, 6.07) is 20.5. The number of rotatable bonds is 8. The van der Waals surface area contributed by atoms with Crippen LogP contribution in [-0.4, -0.2) is 79.7 Å². The van der Waals surface area contributed by atoms with E-state index in [0.29, 0.717) is 17.0 Å². The predicted molar refractivity (Wildman–Crippen MR) is 202 cm³/mol. The lowest BCUT2D eigenvalue weighted by Gasteiger charge is -2.34. The SMILES string of the molecule is COC(=O)c1ccc(C(=O)N2c3cc(C#N)ccc3N(Cc3c(OC)ccc4ccccc34)C(=O)[C@@H](NC(=O)[C@H](C)N(C)C(=O)OC(C)(C)C)[C@@H]2C)cc1. The number of nitrogens with one attached hydrogen (secondary N) is 1. The van der Waals surface area contributed by atoms with Crippen molar-refractivity contribution in [3.63, 3.8) is 0 Å². The van der Waals surface area contributed by atoms with Gasteiger partial charge < -0.3 is 29.3 Å². The van der Waals surface area contributed by atoms with Gasteiger partial charge in [0, 0.05) is 18.2 Å². The molecule has 0 aromatic heterocycles. The van der Waals surface area contributed by atoms with Crippen LogP contribution in [0.3, 0.4) is 0 Å². The largest absolute Gasteiger partial charge is 0.496 e. The number of methoxy groups -OCH3 is 2. The predicted octanol–water partition coefficient (Wildman–Crippen LogP) is 5.83. The molecule has 1 N–H and O–H groups in total. The van der Waals surface area contributed by atoms with Crippen molar-refractivity contribution in [3.8, 4) is 11.8 Å². The number of nitriles is 1. The second kappa shape index (κ2) is 15.7. The van der Waals surface area contributed by atoms with Crippen LogP contribution in [0.1, 0.15) is 66.5 Å². The number of esters is 1. The van der Waals surface area contributed by atoms with Gasteiger partial charge in [-0.15, -0.1) is 0 Å². The lowest BCUT2D eigenvalue weighted by molar-refractivity contribution is -0.130. The maximum Gasteiger partial charge on any atom is 0.410 e. The van der Waals surface area contributed by atoms with E-state index in [4.69, 9.17) is 14.2 Å². The second-order valence-corrected chi connectivity index (χ2v) is 13.9. The summed E-state index contributed by atoms with van der Waals surface area (Å²) in [5.74, 6) is -1.86. The third-order valence-electron chi connectivity index (χ3n) is 9.32. The highest BCUT2D eigenvalue weighted by Crippen LogP contribution is 2.40. The van der Waals surface area contributed by atoms with E-state index in [1.165, 1.54) is 68.3 Å². The molecule has 1 aliphatic heterocycles. The first kappa shape index (κ1) is 38.8. The van der Waals surface area contributed by atoms with Crippen molar-refractivity contribution < 1.29 is 38.2 Å². The van der Waals surface area contributed by atoms with Crippen molar-refractivity contribution in [2.75, 3.05) is 31.1 Å². The molecule has 54 heavy (non-hydrogen) atoms. The van der Waals surface area contributed by atoms with Crippen LogP contribution in [0.25, 0.3) is 10.8 Å². The summed E-state index contributed by atoms with van der Waals surface area (Å²) in [5.41, 5.74) is 1.02. The molecule has 280 valence electrons. The van der Waals surface area contributed by atoms with E-state index >= 15 is 4.79 Å². The first-order valence-corrected chi connectivity index (χ1v) is 17.3. The van der Waals surface area contributed by atoms with Crippen LogP contribution >= 0.6 is 0 Å². The van der Waals surface area contributed by atoms with Gasteiger partial charge >= 0.3 is 12.1 Å². The Morgan fingerprint density at radius 3 is 2.24 bits per heavy atom. The summed E-state index contributed by atoms with van der Waals surface area (Å²) in [4.78, 5) is 72.7. The van der Waals surface area contributed by atoms with E-state index in [-0.39, 0.29) is 28.9 Å². The van der Waals surface area contributed by atoms with Crippen LogP contribution in [0, 0.1) is 11.3 Å². The lowest BCUT2D eigenvalue weighted by atomic mass is 10.0. The molecule has 0 aliphatic carbocycles. The van der Waals surface area contributed by atoms with Crippen molar-refractivity contribution in [2.24, 2.45) is 0 Å². The zero-order chi connectivity index (χ0) is 39.5. The monoisotopic (exact) mass is 733 g/mol. The zero-order valence-corrected chi connectivity index (χ0v) is 31.5. The van der Waals surface area contributed by atoms with Crippen molar-refractivity contribution in [3.05, 3.63) is 101 Å². The topological polar surface area (TPSA) is 159 Å². The molecule has 0 bridgehead atoms. The molecule has 4 aromatic carbocycles. The van der Waals surface area contributed by atoms with Gasteiger partial charge in [0.1, 0.15) is 23.4 Å². The summed E-state index contributed by atoms with van der Waals surface area (Å²) in [6.45, 7) is 8.21. The Balaban J connectivity index is 1.67. The molecule has 4 amide bonds. The number of benzene rings is 4. The summed E-state index contributed by atoms with van der Waals surface area (Å²) in [6.07, 6.45) is -0.737. The summed E-state index contributed by atoms with van der Waals surface area (Å²) < 4.78 is 16.0. The Kier molecular flexibility index (Phi) is 11.3. The van der Waals surface area contributed by atoms with Gasteiger partial charge in [0.05, 0.1) is 55.4 Å². The minimum absolute atomic E-state index is 0.0371. The van der Waals surface area contributed by atoms with Crippen molar-refractivity contribution in [1.29, 1.82) is 5.26 Å². The Bertz CT molecular complexity index is 2150. The van der Waals surface area contributed by atoms with Crippen molar-refractivity contribution >= 4 is 51.9 Å². The average molecular weight is 734 g/mol. The number of hydrogen-bond acceptors (Lipinski definition) is 9. The summed E-state index contributed by atoms with van der Waals surface area (Å²) in [7, 11) is 4.20. The molecule has 1 aliphatic rings. The highest BCUT2D eigenvalue weighted by atomic mass is 16.6. The van der Waals surface area contributed by atoms with Crippen LogP contribution in [0.15, 0.2) is 78.9 Å². The maximum absolute atomic E-state index is 15.0. The molecule has 5 rings (SSSR count). The fourth-order valence-corrected chi connectivity index (χ4v) is 6.29. The number of anilines is 2. The van der Waals surface area contributed by atoms with E-state index in [2.05, 4.69) is 11.4 Å². The molecule has 0 spiro atoms. The number of likely N-dealkylation sites (N-methyl/N-ethyl adjacent to an activating group) is 1. The Morgan fingerprint density at radius 1 is 0.944 bits per heavy atom. The highest BCUT2D eigenvalue weighted by Gasteiger charge is 2.44. The Hall–Kier alpha value is -6.42. The van der Waals surface area contributed by atoms with Gasteiger partial charge in [-0.1, -0.05) is 30.3 Å². The number of fused-ring (bicyclic) bond motifs is 2. The van der Waals surface area contributed by atoms with Gasteiger partial charge in [0.15, 0.2) is 0 Å². The van der Waals surface area contributed by atoms with Crippen molar-refractivity contribution in [2.45, 2.75) is 64.9 Å². The number of nitrogens with zero attached hydrogens (tertiary/aromatic N) is 4. The minimum Gasteiger partial charge on any atom is -0.496 e. The number of ether oxygens (including phenoxy) is 3. The third kappa shape index (κ3) is 7.83. The number of carbonyl (C=O) groups excluding carboxylic acids is 5. The number of carbonyl (C=O) groups is 5. The fourth-order valence-electron chi connectivity index (χ4n) is 6.29. The van der Waals surface area contributed by atoms with Gasteiger partial charge in [-0.05, 0) is 93.9 Å². The number of hydrogen-bond donors (Lipinski definition) is 1. The van der Waals surface area contributed by atoms with Crippen molar-refractivity contribution in [1.82, 2.24) is 10.2 Å². The van der Waals surface area contributed by atoms with Crippen LogP contribution in [0.5, 0.6) is 5.75 Å². The van der Waals surface area contributed by atoms with Crippen LogP contribution in [0.2, 0.25) is 0 Å². The van der Waals surface area contributed by atoms with Gasteiger partial charge in [-0.2, -0.15) is 5.26 Å². The third-order valence-corrected chi connectivity index (χ3v) is 9.32. The molecule has 1 heterocycles. The Morgan fingerprint density at radius 2 is 1.61 bits per heavy atom. The van der Waals surface area contributed by atoms with E-state index in [0.717, 1.165) is 15.7 Å². The molecule has 0 saturated heterocycles. The van der Waals surface area contributed by atoms with Crippen LogP contribution in [0.4, 0.5) is 16.2 Å². The van der Waals surface area contributed by atoms with Gasteiger partial charge in [-0.25, -0.2) is 9.59 Å². The van der Waals surface area contributed by atoms with E-state index in [1.54, 1.807) is 39.8 Å². The Labute approximate surface area is 314 Å². The fraction of sp³-hybridized carbons (Fsp3) is 0.317. The normalized spacial score (nSPS) is 16.0. The van der Waals surface area contributed by atoms with E-state index < -0.39 is 53.5 Å². The molecule has 13 heteroatoms. The highest BCUT2D eigenvalue weighted by molar-refractivity contribution is 6.14. The second-order valence-electron chi connectivity index (χ2n) is 13.9. The van der Waals surface area contributed by atoms with Gasteiger partial charge in [0.2, 0.25) is 5.91 Å². The quantitative estimate of drug-likeness (QED) is 0.220. The van der Waals surface area contributed by atoms with Gasteiger partial charge in [0.25, 0.3) is 11.8 Å². The number of amides is 4. The standard InChI is InChI=1S/C41H43N5O8/c1-24-35(43-36(47)25(2)44(6)40(51)54-41(3,4)5)38(49)45(23-31-30-12-10-9-11-27(30)18-20-34(31)52-7)32-19-13-26(22-42)21-33(32)46(24)37(48)28-14-16-29(17-15-28)39(50)53-8/h9-21,24-25,35H,23H2,1-8H3,(H,43,47)/t24-,25-,35-/m0/s1. The van der Waals surface area contributed by atoms with E-state index in [1.807, 2.05) is 36.4 Å². The smallest absolute Gasteiger partial charge is 0.410 e. The molecule has 13 nitrogen and oxygen atoms in total. The van der Waals surface area contributed by atoms with Crippen LogP contribution in [-0.2, 0) is 25.6 Å². The van der Waals surface area contributed by atoms with Crippen LogP contribution < -0.4 is 19.9 Å².